The van der Waals surface area contributed by atoms with Gasteiger partial charge in [-0.3, -0.25) is 9.13 Å². The van der Waals surface area contributed by atoms with Crippen molar-refractivity contribution in [3.63, 3.8) is 0 Å². The summed E-state index contributed by atoms with van der Waals surface area (Å²) in [6, 6.07) is 0. The second kappa shape index (κ2) is 12.8. The molecule has 126 valence electrons. The van der Waals surface area contributed by atoms with Gasteiger partial charge in [0, 0.05) is 0 Å². The van der Waals surface area contributed by atoms with E-state index in [-0.39, 0.29) is 102 Å². The number of phosphoric ester groups is 3. The van der Waals surface area contributed by atoms with Gasteiger partial charge in [0.25, 0.3) is 15.6 Å². The number of hydrogen-bond donors (Lipinski definition) is 3. The SMILES string of the molecule is O=P([O-])([O-])OC1C[NH2+]CC(OP(=O)([O-])O)C1OP(=O)([O-])O.[Na+].[Na+].[Na+]. The monoisotopic (exact) mass is 439 g/mol. The standard InChI is InChI=1S/C5H14NO12P3.3Na/c7-19(8,9)16-3-1-6-2-4(17-20(10,11)12)5(3)18-21(13,14)15;;;/h3-6H,1-2H2,(H2,7,8,9)(H2,10,11,12)(H2,13,14,15);;;/q;3*+1/p-3. The second-order valence-corrected chi connectivity index (χ2v) is 7.40. The summed E-state index contributed by atoms with van der Waals surface area (Å²) in [5.41, 5.74) is 0. The van der Waals surface area contributed by atoms with Gasteiger partial charge in [-0.15, -0.1) is 0 Å². The van der Waals surface area contributed by atoms with Crippen LogP contribution in [0.4, 0.5) is 0 Å². The molecule has 1 rings (SSSR count). The van der Waals surface area contributed by atoms with Crippen molar-refractivity contribution >= 4 is 23.5 Å². The maximum atomic E-state index is 10.7. The number of nitrogens with two attached hydrogens (primary N) is 1. The Kier molecular flexibility index (Phi) is 17.0. The molecule has 1 aliphatic rings. The smallest absolute Gasteiger partial charge is 0.790 e. The summed E-state index contributed by atoms with van der Waals surface area (Å²) < 4.78 is 44.3. The summed E-state index contributed by atoms with van der Waals surface area (Å²) in [6.45, 7) is -0.576. The van der Waals surface area contributed by atoms with Gasteiger partial charge < -0.3 is 52.8 Å². The molecule has 13 nitrogen and oxygen atoms in total. The van der Waals surface area contributed by atoms with E-state index in [1.807, 2.05) is 0 Å². The molecule has 0 radical (unpaired) electrons. The zero-order valence-electron chi connectivity index (χ0n) is 13.0. The first kappa shape index (κ1) is 32.0. The molecule has 5 atom stereocenters. The molecule has 19 heteroatoms. The number of rotatable bonds is 6. The van der Waals surface area contributed by atoms with Crippen LogP contribution in [0.15, 0.2) is 0 Å². The van der Waals surface area contributed by atoms with Crippen molar-refractivity contribution in [2.75, 3.05) is 13.1 Å². The fourth-order valence-corrected chi connectivity index (χ4v) is 3.43. The fourth-order valence-electron chi connectivity index (χ4n) is 1.76. The molecule has 1 heterocycles. The second-order valence-electron chi connectivity index (χ2n) is 4.00. The van der Waals surface area contributed by atoms with Crippen LogP contribution >= 0.6 is 23.5 Å². The molecule has 0 aromatic rings. The van der Waals surface area contributed by atoms with Gasteiger partial charge in [-0.2, -0.15) is 0 Å². The van der Waals surface area contributed by atoms with Gasteiger partial charge in [0.2, 0.25) is 0 Å². The molecule has 0 aliphatic carbocycles. The zero-order valence-corrected chi connectivity index (χ0v) is 21.7. The first-order valence-electron chi connectivity index (χ1n) is 5.23. The van der Waals surface area contributed by atoms with E-state index in [0.29, 0.717) is 0 Å². The van der Waals surface area contributed by atoms with Crippen LogP contribution < -0.4 is 114 Å². The van der Waals surface area contributed by atoms with E-state index in [2.05, 4.69) is 13.6 Å². The van der Waals surface area contributed by atoms with E-state index < -0.39 is 41.8 Å². The molecule has 1 saturated heterocycles. The minimum atomic E-state index is -5.55. The third-order valence-corrected chi connectivity index (χ3v) is 3.89. The van der Waals surface area contributed by atoms with Crippen LogP contribution in [-0.4, -0.2) is 41.2 Å². The van der Waals surface area contributed by atoms with Gasteiger partial charge in [0.05, 0.1) is 7.82 Å². The minimum Gasteiger partial charge on any atom is -0.790 e. The molecular weight excluding hydrogens is 428 g/mol. The molecule has 1 aliphatic heterocycles. The van der Waals surface area contributed by atoms with Crippen molar-refractivity contribution in [1.29, 1.82) is 0 Å². The van der Waals surface area contributed by atoms with E-state index in [4.69, 9.17) is 9.79 Å². The van der Waals surface area contributed by atoms with Gasteiger partial charge in [-0.25, -0.2) is 0 Å². The molecule has 1 fully saturated rings. The zero-order chi connectivity index (χ0) is 16.5. The Morgan fingerprint density at radius 3 is 1.50 bits per heavy atom. The molecule has 4 N–H and O–H groups in total. The van der Waals surface area contributed by atoms with Crippen LogP contribution in [0.2, 0.25) is 0 Å². The molecule has 0 amide bonds. The van der Waals surface area contributed by atoms with Gasteiger partial charge >= 0.3 is 88.7 Å². The van der Waals surface area contributed by atoms with E-state index in [1.54, 1.807) is 0 Å². The Morgan fingerprint density at radius 2 is 1.17 bits per heavy atom. The Balaban J connectivity index is -0.00000147. The van der Waals surface area contributed by atoms with Crippen molar-refractivity contribution < 1.29 is 151 Å². The molecule has 0 aromatic heterocycles. The third-order valence-electron chi connectivity index (χ3n) is 2.32. The van der Waals surface area contributed by atoms with Crippen LogP contribution in [-0.2, 0) is 27.3 Å². The fraction of sp³-hybridized carbons (Fsp3) is 1.00. The van der Waals surface area contributed by atoms with Gasteiger partial charge in [-0.1, -0.05) is 0 Å². The third kappa shape index (κ3) is 14.3. The first-order chi connectivity index (χ1) is 9.27. The van der Waals surface area contributed by atoms with E-state index in [9.17, 15) is 33.3 Å². The largest absolute Gasteiger partial charge is 1.00 e. The van der Waals surface area contributed by atoms with Crippen molar-refractivity contribution in [3.8, 4) is 0 Å². The van der Waals surface area contributed by atoms with Crippen molar-refractivity contribution in [2.24, 2.45) is 0 Å². The molecule has 24 heavy (non-hydrogen) atoms. The summed E-state index contributed by atoms with van der Waals surface area (Å²) in [5.74, 6) is 0. The summed E-state index contributed by atoms with van der Waals surface area (Å²) in [4.78, 5) is 59.7. The average Bonchev–Trinajstić information content (AvgIpc) is 2.16. The van der Waals surface area contributed by atoms with E-state index in [0.717, 1.165) is 0 Å². The van der Waals surface area contributed by atoms with Gasteiger partial charge in [0.15, 0.2) is 0 Å². The topological polar surface area (TPSA) is 228 Å². The van der Waals surface area contributed by atoms with E-state index in [1.165, 1.54) is 5.32 Å². The van der Waals surface area contributed by atoms with Crippen LogP contribution in [0.1, 0.15) is 0 Å². The summed E-state index contributed by atoms with van der Waals surface area (Å²) in [5, 5.41) is 1.23. The molecule has 0 bridgehead atoms. The van der Waals surface area contributed by atoms with Crippen molar-refractivity contribution in [2.45, 2.75) is 18.3 Å². The maximum Gasteiger partial charge on any atom is 1.00 e. The number of piperidine rings is 1. The normalized spacial score (nSPS) is 29.0. The molecule has 5 unspecified atom stereocenters. The number of hydrogen-bond acceptors (Lipinski definition) is 10. The van der Waals surface area contributed by atoms with Gasteiger partial charge in [-0.05, 0) is 0 Å². The van der Waals surface area contributed by atoms with Crippen LogP contribution in [0.5, 0.6) is 0 Å². The Labute approximate surface area is 203 Å². The maximum absolute atomic E-state index is 10.7. The van der Waals surface area contributed by atoms with Crippen molar-refractivity contribution in [3.05, 3.63) is 0 Å². The summed E-state index contributed by atoms with van der Waals surface area (Å²) in [7, 11) is -16.3. The van der Waals surface area contributed by atoms with Crippen LogP contribution in [0, 0.1) is 0 Å². The quantitative estimate of drug-likeness (QED) is 0.259. The molecular formula is C5H11NNa3O12P3. The number of phosphoric acid groups is 3. The minimum absolute atomic E-state index is 0. The van der Waals surface area contributed by atoms with Gasteiger partial charge in [0.1, 0.15) is 31.4 Å². The Morgan fingerprint density at radius 1 is 0.792 bits per heavy atom. The van der Waals surface area contributed by atoms with E-state index >= 15 is 0 Å². The van der Waals surface area contributed by atoms with Crippen LogP contribution in [0.3, 0.4) is 0 Å². The predicted octanol–water partition coefficient (Wildman–Crippen LogP) is -14.5. The van der Waals surface area contributed by atoms with Crippen LogP contribution in [0.25, 0.3) is 0 Å². The summed E-state index contributed by atoms with van der Waals surface area (Å²) >= 11 is 0. The first-order valence-corrected chi connectivity index (χ1v) is 9.68. The molecule has 0 spiro atoms. The number of quaternary nitrogens is 1. The average molecular weight is 439 g/mol. The molecule has 0 saturated carbocycles. The summed E-state index contributed by atoms with van der Waals surface area (Å²) in [6.07, 6.45) is -5.42. The Bertz CT molecular complexity index is 472. The van der Waals surface area contributed by atoms with Crippen molar-refractivity contribution in [1.82, 2.24) is 0 Å². The predicted molar refractivity (Wildman–Crippen MR) is 53.5 cm³/mol. The Hall–Kier alpha value is 3.29. The molecule has 0 aromatic carbocycles.